The summed E-state index contributed by atoms with van der Waals surface area (Å²) in [7, 11) is -3.33. The number of nitrogens with one attached hydrogen (secondary N) is 2. The van der Waals surface area contributed by atoms with Gasteiger partial charge in [-0.2, -0.15) is 0 Å². The molecule has 1 saturated carbocycles. The monoisotopic (exact) mass is 348 g/mol. The quantitative estimate of drug-likeness (QED) is 0.872. The van der Waals surface area contributed by atoms with Gasteiger partial charge in [-0.25, -0.2) is 12.8 Å². The number of anilines is 2. The van der Waals surface area contributed by atoms with E-state index < -0.39 is 15.4 Å². The zero-order valence-electron chi connectivity index (χ0n) is 13.0. The van der Waals surface area contributed by atoms with Crippen molar-refractivity contribution in [3.8, 4) is 0 Å². The molecule has 1 aliphatic rings. The van der Waals surface area contributed by atoms with Gasteiger partial charge in [0.25, 0.3) is 0 Å². The molecule has 0 saturated heterocycles. The van der Waals surface area contributed by atoms with E-state index in [1.54, 1.807) is 36.4 Å². The molecule has 3 rings (SSSR count). The Morgan fingerprint density at radius 3 is 2.04 bits per heavy atom. The number of sulfonamides is 1. The van der Waals surface area contributed by atoms with Crippen molar-refractivity contribution in [2.24, 2.45) is 0 Å². The van der Waals surface area contributed by atoms with Crippen molar-refractivity contribution in [2.75, 3.05) is 16.3 Å². The van der Waals surface area contributed by atoms with Crippen molar-refractivity contribution in [1.82, 2.24) is 0 Å². The summed E-state index contributed by atoms with van der Waals surface area (Å²) in [5.41, 5.74) is 1.21. The number of hydrogen-bond donors (Lipinski definition) is 2. The predicted octanol–water partition coefficient (Wildman–Crippen LogP) is 2.87. The Hall–Kier alpha value is -2.41. The molecule has 0 heterocycles. The van der Waals surface area contributed by atoms with Crippen molar-refractivity contribution in [3.05, 3.63) is 59.9 Å². The topological polar surface area (TPSA) is 75.3 Å². The summed E-state index contributed by atoms with van der Waals surface area (Å²) in [6, 6.07) is 12.4. The SMILES string of the molecule is CS(=O)(=O)Nc1ccc(NC(=O)C2(c3ccc(F)cc3)CC2)cc1. The number of carbonyl (C=O) groups excluding carboxylic acids is 1. The van der Waals surface area contributed by atoms with Crippen molar-refractivity contribution in [2.45, 2.75) is 18.3 Å². The lowest BCUT2D eigenvalue weighted by Crippen LogP contribution is -2.27. The minimum absolute atomic E-state index is 0.141. The van der Waals surface area contributed by atoms with Crippen LogP contribution in [0.5, 0.6) is 0 Å². The van der Waals surface area contributed by atoms with E-state index in [-0.39, 0.29) is 11.7 Å². The first-order valence-electron chi connectivity index (χ1n) is 7.44. The van der Waals surface area contributed by atoms with Gasteiger partial charge in [0.2, 0.25) is 15.9 Å². The summed E-state index contributed by atoms with van der Waals surface area (Å²) in [6.07, 6.45) is 2.51. The maximum absolute atomic E-state index is 13.0. The molecule has 0 spiro atoms. The highest BCUT2D eigenvalue weighted by atomic mass is 32.2. The summed E-state index contributed by atoms with van der Waals surface area (Å²) >= 11 is 0. The van der Waals surface area contributed by atoms with Gasteiger partial charge in [-0.3, -0.25) is 9.52 Å². The molecule has 0 unspecified atom stereocenters. The molecule has 1 amide bonds. The van der Waals surface area contributed by atoms with Gasteiger partial charge in [0.15, 0.2) is 0 Å². The van der Waals surface area contributed by atoms with E-state index >= 15 is 0 Å². The zero-order chi connectivity index (χ0) is 17.4. The van der Waals surface area contributed by atoms with Crippen LogP contribution in [0.25, 0.3) is 0 Å². The van der Waals surface area contributed by atoms with Gasteiger partial charge in [0, 0.05) is 11.4 Å². The van der Waals surface area contributed by atoms with Crippen LogP contribution in [-0.4, -0.2) is 20.6 Å². The predicted molar refractivity (Wildman–Crippen MR) is 90.9 cm³/mol. The van der Waals surface area contributed by atoms with E-state index in [1.165, 1.54) is 12.1 Å². The van der Waals surface area contributed by atoms with Crippen LogP contribution in [0.1, 0.15) is 18.4 Å². The molecule has 2 N–H and O–H groups in total. The Kier molecular flexibility index (Phi) is 4.04. The second-order valence-corrected chi connectivity index (χ2v) is 7.74. The molecule has 0 aromatic heterocycles. The Balaban J connectivity index is 1.72. The maximum atomic E-state index is 13.0. The fourth-order valence-corrected chi connectivity index (χ4v) is 3.19. The smallest absolute Gasteiger partial charge is 0.235 e. The van der Waals surface area contributed by atoms with Gasteiger partial charge in [0.05, 0.1) is 11.7 Å². The second kappa shape index (κ2) is 5.90. The highest BCUT2D eigenvalue weighted by molar-refractivity contribution is 7.92. The van der Waals surface area contributed by atoms with Crippen LogP contribution in [0.3, 0.4) is 0 Å². The molecule has 1 aliphatic carbocycles. The number of halogens is 1. The molecule has 0 bridgehead atoms. The lowest BCUT2D eigenvalue weighted by Gasteiger charge is -2.16. The average molecular weight is 348 g/mol. The van der Waals surface area contributed by atoms with Crippen molar-refractivity contribution < 1.29 is 17.6 Å². The molecule has 7 heteroatoms. The summed E-state index contributed by atoms with van der Waals surface area (Å²) in [4.78, 5) is 12.6. The number of benzene rings is 2. The lowest BCUT2D eigenvalue weighted by molar-refractivity contribution is -0.118. The van der Waals surface area contributed by atoms with Gasteiger partial charge in [-0.15, -0.1) is 0 Å². The zero-order valence-corrected chi connectivity index (χ0v) is 13.9. The highest BCUT2D eigenvalue weighted by Crippen LogP contribution is 2.49. The summed E-state index contributed by atoms with van der Waals surface area (Å²) in [6.45, 7) is 0. The first-order chi connectivity index (χ1) is 11.3. The van der Waals surface area contributed by atoms with Gasteiger partial charge >= 0.3 is 0 Å². The molecule has 0 aliphatic heterocycles. The van der Waals surface area contributed by atoms with Crippen LogP contribution >= 0.6 is 0 Å². The molecule has 0 radical (unpaired) electrons. The van der Waals surface area contributed by atoms with Crippen LogP contribution in [0.2, 0.25) is 0 Å². The first kappa shape index (κ1) is 16.4. The molecule has 0 atom stereocenters. The van der Waals surface area contributed by atoms with E-state index in [4.69, 9.17) is 0 Å². The number of hydrogen-bond acceptors (Lipinski definition) is 3. The molecule has 1 fully saturated rings. The van der Waals surface area contributed by atoms with E-state index in [0.29, 0.717) is 11.4 Å². The van der Waals surface area contributed by atoms with Crippen LogP contribution in [0, 0.1) is 5.82 Å². The molecule has 2 aromatic carbocycles. The van der Waals surface area contributed by atoms with E-state index in [1.807, 2.05) is 0 Å². The first-order valence-corrected chi connectivity index (χ1v) is 9.33. The van der Waals surface area contributed by atoms with Gasteiger partial charge in [-0.1, -0.05) is 12.1 Å². The number of amides is 1. The third kappa shape index (κ3) is 3.56. The molecular weight excluding hydrogens is 331 g/mol. The van der Waals surface area contributed by atoms with Gasteiger partial charge in [-0.05, 0) is 54.8 Å². The number of rotatable bonds is 5. The largest absolute Gasteiger partial charge is 0.325 e. The molecule has 5 nitrogen and oxygen atoms in total. The summed E-state index contributed by atoms with van der Waals surface area (Å²) in [5.74, 6) is -0.471. The van der Waals surface area contributed by atoms with Crippen LogP contribution in [0.15, 0.2) is 48.5 Å². The lowest BCUT2D eigenvalue weighted by atomic mass is 9.95. The van der Waals surface area contributed by atoms with E-state index in [2.05, 4.69) is 10.0 Å². The highest BCUT2D eigenvalue weighted by Gasteiger charge is 2.51. The van der Waals surface area contributed by atoms with Crippen molar-refractivity contribution in [3.63, 3.8) is 0 Å². The fraction of sp³-hybridized carbons (Fsp3) is 0.235. The molecule has 126 valence electrons. The second-order valence-electron chi connectivity index (χ2n) is 5.99. The van der Waals surface area contributed by atoms with Crippen LogP contribution in [-0.2, 0) is 20.2 Å². The third-order valence-electron chi connectivity index (χ3n) is 4.03. The Labute approximate surface area is 139 Å². The standard InChI is InChI=1S/C17H17FN2O3S/c1-24(22,23)20-15-8-6-14(7-9-15)19-16(21)17(10-11-17)12-2-4-13(18)5-3-12/h2-9,20H,10-11H2,1H3,(H,19,21). The Morgan fingerprint density at radius 1 is 1.00 bits per heavy atom. The van der Waals surface area contributed by atoms with Crippen molar-refractivity contribution in [1.29, 1.82) is 0 Å². The maximum Gasteiger partial charge on any atom is 0.235 e. The van der Waals surface area contributed by atoms with Gasteiger partial charge in [0.1, 0.15) is 5.82 Å². The van der Waals surface area contributed by atoms with E-state index in [9.17, 15) is 17.6 Å². The minimum atomic E-state index is -3.33. The van der Waals surface area contributed by atoms with Crippen LogP contribution in [0.4, 0.5) is 15.8 Å². The third-order valence-corrected chi connectivity index (χ3v) is 4.63. The van der Waals surface area contributed by atoms with E-state index in [0.717, 1.165) is 24.7 Å². The Morgan fingerprint density at radius 2 is 1.54 bits per heavy atom. The summed E-state index contributed by atoms with van der Waals surface area (Å²) < 4.78 is 37.8. The van der Waals surface area contributed by atoms with Crippen LogP contribution < -0.4 is 10.0 Å². The molecule has 24 heavy (non-hydrogen) atoms. The number of carbonyl (C=O) groups is 1. The fourth-order valence-electron chi connectivity index (χ4n) is 2.63. The average Bonchev–Trinajstić information content (AvgIpc) is 3.30. The van der Waals surface area contributed by atoms with Gasteiger partial charge < -0.3 is 5.32 Å². The minimum Gasteiger partial charge on any atom is -0.325 e. The molecule has 2 aromatic rings. The Bertz CT molecular complexity index is 858. The summed E-state index contributed by atoms with van der Waals surface area (Å²) in [5, 5.41) is 2.84. The molecular formula is C17H17FN2O3S. The normalized spacial score (nSPS) is 15.6. The van der Waals surface area contributed by atoms with Crippen molar-refractivity contribution >= 4 is 27.3 Å².